The van der Waals surface area contributed by atoms with E-state index in [2.05, 4.69) is 28.4 Å². The normalized spacial score (nSPS) is 11.7. The summed E-state index contributed by atoms with van der Waals surface area (Å²) in [4.78, 5) is 2.14. The summed E-state index contributed by atoms with van der Waals surface area (Å²) in [6.45, 7) is 0.895. The lowest BCUT2D eigenvalue weighted by atomic mass is 10.0. The molecule has 0 aliphatic carbocycles. The van der Waals surface area contributed by atoms with Crippen LogP contribution in [0.3, 0.4) is 0 Å². The second kappa shape index (κ2) is 7.84. The van der Waals surface area contributed by atoms with Crippen molar-refractivity contribution in [3.8, 4) is 6.07 Å². The Balaban J connectivity index is 2.39. The molecule has 0 aliphatic rings. The topological polar surface area (TPSA) is 39.1 Å². The molecule has 114 valence electrons. The van der Waals surface area contributed by atoms with Crippen LogP contribution in [0.25, 0.3) is 0 Å². The molecule has 0 aliphatic heterocycles. The van der Waals surface area contributed by atoms with Crippen molar-refractivity contribution in [3.05, 3.63) is 64.7 Å². The molecule has 22 heavy (non-hydrogen) atoms. The molecule has 0 saturated heterocycles. The zero-order valence-corrected chi connectivity index (χ0v) is 13.6. The van der Waals surface area contributed by atoms with E-state index in [1.807, 2.05) is 38.4 Å². The van der Waals surface area contributed by atoms with Crippen LogP contribution in [0.1, 0.15) is 23.6 Å². The number of benzene rings is 2. The van der Waals surface area contributed by atoms with E-state index in [0.29, 0.717) is 10.6 Å². The van der Waals surface area contributed by atoms with Crippen LogP contribution in [-0.2, 0) is 0 Å². The summed E-state index contributed by atoms with van der Waals surface area (Å²) < 4.78 is 0. The van der Waals surface area contributed by atoms with Crippen molar-refractivity contribution in [3.63, 3.8) is 0 Å². The van der Waals surface area contributed by atoms with Gasteiger partial charge in [0.15, 0.2) is 0 Å². The summed E-state index contributed by atoms with van der Waals surface area (Å²) in [5.74, 6) is 0. The third-order valence-electron chi connectivity index (χ3n) is 3.78. The summed E-state index contributed by atoms with van der Waals surface area (Å²) in [5.41, 5.74) is 2.72. The quantitative estimate of drug-likeness (QED) is 0.876. The number of hydrogen-bond donors (Lipinski definition) is 1. The lowest BCUT2D eigenvalue weighted by molar-refractivity contribution is 0.586. The van der Waals surface area contributed by atoms with Gasteiger partial charge in [-0.2, -0.15) is 5.26 Å². The highest BCUT2D eigenvalue weighted by molar-refractivity contribution is 6.30. The van der Waals surface area contributed by atoms with E-state index in [4.69, 9.17) is 11.6 Å². The van der Waals surface area contributed by atoms with Crippen molar-refractivity contribution in [1.29, 1.82) is 5.26 Å². The largest absolute Gasteiger partial charge is 0.366 e. The Morgan fingerprint density at radius 1 is 1.23 bits per heavy atom. The highest BCUT2D eigenvalue weighted by Gasteiger charge is 2.19. The van der Waals surface area contributed by atoms with Gasteiger partial charge in [-0.15, -0.1) is 0 Å². The van der Waals surface area contributed by atoms with E-state index in [1.165, 1.54) is 5.56 Å². The molecule has 0 aromatic heterocycles. The molecule has 0 spiro atoms. The third kappa shape index (κ3) is 3.79. The number of nitrogens with one attached hydrogen (secondary N) is 1. The number of halogens is 1. The monoisotopic (exact) mass is 313 g/mol. The second-order valence-corrected chi connectivity index (χ2v) is 5.64. The molecule has 0 bridgehead atoms. The van der Waals surface area contributed by atoms with Gasteiger partial charge in [-0.05, 0) is 43.8 Å². The molecule has 0 fully saturated rings. The van der Waals surface area contributed by atoms with E-state index >= 15 is 0 Å². The minimum atomic E-state index is 0.180. The number of nitrogens with zero attached hydrogens (tertiary/aromatic N) is 2. The van der Waals surface area contributed by atoms with Crippen molar-refractivity contribution < 1.29 is 0 Å². The van der Waals surface area contributed by atoms with Gasteiger partial charge in [0, 0.05) is 12.1 Å². The molecule has 1 unspecified atom stereocenters. The van der Waals surface area contributed by atoms with Gasteiger partial charge in [0.1, 0.15) is 6.07 Å². The Kier molecular flexibility index (Phi) is 5.83. The molecule has 0 amide bonds. The Morgan fingerprint density at radius 2 is 1.95 bits per heavy atom. The van der Waals surface area contributed by atoms with Gasteiger partial charge in [0.2, 0.25) is 0 Å². The minimum Gasteiger partial charge on any atom is -0.366 e. The van der Waals surface area contributed by atoms with Crippen LogP contribution in [0.5, 0.6) is 0 Å². The second-order valence-electron chi connectivity index (χ2n) is 5.20. The standard InChI is InChI=1S/C18H20ClN3/c1-21-11-10-17(14-6-4-3-5-7-14)22(2)18-12-16(19)9-8-15(18)13-20/h3-9,12,17,21H,10-11H2,1-2H3. The number of hydrogen-bond acceptors (Lipinski definition) is 3. The SMILES string of the molecule is CNCCC(c1ccccc1)N(C)c1cc(Cl)ccc1C#N. The average Bonchev–Trinajstić information content (AvgIpc) is 2.56. The third-order valence-corrected chi connectivity index (χ3v) is 4.01. The van der Waals surface area contributed by atoms with E-state index < -0.39 is 0 Å². The van der Waals surface area contributed by atoms with Crippen LogP contribution < -0.4 is 10.2 Å². The van der Waals surface area contributed by atoms with E-state index in [1.54, 1.807) is 12.1 Å². The molecular formula is C18H20ClN3. The van der Waals surface area contributed by atoms with Crippen LogP contribution in [0.2, 0.25) is 5.02 Å². The van der Waals surface area contributed by atoms with Gasteiger partial charge in [0.25, 0.3) is 0 Å². The van der Waals surface area contributed by atoms with Crippen LogP contribution in [0.4, 0.5) is 5.69 Å². The highest BCUT2D eigenvalue weighted by atomic mass is 35.5. The van der Waals surface area contributed by atoms with E-state index in [9.17, 15) is 5.26 Å². The van der Waals surface area contributed by atoms with Crippen molar-refractivity contribution in [2.24, 2.45) is 0 Å². The number of nitriles is 1. The van der Waals surface area contributed by atoms with Crippen molar-refractivity contribution >= 4 is 17.3 Å². The average molecular weight is 314 g/mol. The number of anilines is 1. The summed E-state index contributed by atoms with van der Waals surface area (Å²) in [6.07, 6.45) is 0.939. The Hall–Kier alpha value is -2.02. The molecule has 4 heteroatoms. The van der Waals surface area contributed by atoms with Crippen LogP contribution in [0, 0.1) is 11.3 Å². The van der Waals surface area contributed by atoms with Crippen LogP contribution in [0.15, 0.2) is 48.5 Å². The van der Waals surface area contributed by atoms with Crippen LogP contribution >= 0.6 is 11.6 Å². The van der Waals surface area contributed by atoms with Crippen molar-refractivity contribution in [1.82, 2.24) is 5.32 Å². The first-order valence-electron chi connectivity index (χ1n) is 7.29. The van der Waals surface area contributed by atoms with Gasteiger partial charge in [0.05, 0.1) is 17.3 Å². The summed E-state index contributed by atoms with van der Waals surface area (Å²) >= 11 is 6.12. The predicted octanol–water partition coefficient (Wildman–Crippen LogP) is 4.00. The van der Waals surface area contributed by atoms with Gasteiger partial charge in [-0.3, -0.25) is 0 Å². The Bertz CT molecular complexity index is 649. The fourth-order valence-corrected chi connectivity index (χ4v) is 2.77. The van der Waals surface area contributed by atoms with E-state index in [0.717, 1.165) is 18.7 Å². The molecule has 1 N–H and O–H groups in total. The smallest absolute Gasteiger partial charge is 0.101 e. The van der Waals surface area contributed by atoms with Gasteiger partial charge >= 0.3 is 0 Å². The summed E-state index contributed by atoms with van der Waals surface area (Å²) in [7, 11) is 3.96. The van der Waals surface area contributed by atoms with Crippen molar-refractivity contribution in [2.45, 2.75) is 12.5 Å². The fourth-order valence-electron chi connectivity index (χ4n) is 2.60. The predicted molar refractivity (Wildman–Crippen MR) is 92.3 cm³/mol. The first-order chi connectivity index (χ1) is 10.7. The van der Waals surface area contributed by atoms with Gasteiger partial charge < -0.3 is 10.2 Å². The van der Waals surface area contributed by atoms with Gasteiger partial charge in [-0.25, -0.2) is 0 Å². The maximum atomic E-state index is 9.35. The zero-order chi connectivity index (χ0) is 15.9. The maximum absolute atomic E-state index is 9.35. The molecule has 0 radical (unpaired) electrons. The molecule has 2 aromatic carbocycles. The molecule has 1 atom stereocenters. The highest BCUT2D eigenvalue weighted by Crippen LogP contribution is 2.32. The van der Waals surface area contributed by atoms with Crippen molar-refractivity contribution in [2.75, 3.05) is 25.5 Å². The van der Waals surface area contributed by atoms with E-state index in [-0.39, 0.29) is 6.04 Å². The molecule has 2 aromatic rings. The molecular weight excluding hydrogens is 294 g/mol. The Morgan fingerprint density at radius 3 is 2.59 bits per heavy atom. The minimum absolute atomic E-state index is 0.180. The zero-order valence-electron chi connectivity index (χ0n) is 12.9. The molecule has 3 nitrogen and oxygen atoms in total. The summed E-state index contributed by atoms with van der Waals surface area (Å²) in [5, 5.41) is 13.2. The first kappa shape index (κ1) is 16.4. The van der Waals surface area contributed by atoms with Gasteiger partial charge in [-0.1, -0.05) is 41.9 Å². The molecule has 0 saturated carbocycles. The lowest BCUT2D eigenvalue weighted by Crippen LogP contribution is -2.27. The Labute approximate surface area is 137 Å². The molecule has 2 rings (SSSR count). The maximum Gasteiger partial charge on any atom is 0.101 e. The summed E-state index contributed by atoms with van der Waals surface area (Å²) in [6, 6.07) is 18.1. The molecule has 0 heterocycles. The number of rotatable bonds is 6. The van der Waals surface area contributed by atoms with Crippen LogP contribution in [-0.4, -0.2) is 20.6 Å². The fraction of sp³-hybridized carbons (Fsp3) is 0.278. The lowest BCUT2D eigenvalue weighted by Gasteiger charge is -2.31. The first-order valence-corrected chi connectivity index (χ1v) is 7.67.